The van der Waals surface area contributed by atoms with Crippen LogP contribution in [0.5, 0.6) is 0 Å². The second-order valence-electron chi connectivity index (χ2n) is 0.947. The molecule has 0 N–H and O–H groups in total. The smallest absolute Gasteiger partial charge is 0.260 e. The molecule has 0 aliphatic carbocycles. The maximum absolute atomic E-state index is 3.60. The molecule has 2 heteroatoms. The summed E-state index contributed by atoms with van der Waals surface area (Å²) in [6, 6.07) is 0. The lowest BCUT2D eigenvalue weighted by Crippen LogP contribution is -1.73. The summed E-state index contributed by atoms with van der Waals surface area (Å²) in [4.78, 5) is 3.60. The molecule has 0 aromatic heterocycles. The molecule has 0 aromatic carbocycles. The van der Waals surface area contributed by atoms with Gasteiger partial charge in [0, 0.05) is 0 Å². The normalized spacial score (nSPS) is 6.60. The molecule has 0 saturated heterocycles. The van der Waals surface area contributed by atoms with Gasteiger partial charge in [-0.1, -0.05) is 13.2 Å². The van der Waals surface area contributed by atoms with Crippen molar-refractivity contribution >= 4 is 14.1 Å². The largest absolute Gasteiger partial charge is 0.361 e. The molecule has 0 unspecified atom stereocenters. The van der Waals surface area contributed by atoms with Crippen LogP contribution in [0, 0.1) is 0 Å². The van der Waals surface area contributed by atoms with Crippen molar-refractivity contribution in [2.75, 3.05) is 0 Å². The minimum absolute atomic E-state index is 0.903. The standard InChI is InChI=1S/C3H8BN/c1-3-4-5-2/h4H,2-3H2,1H3. The molecule has 0 fully saturated rings. The third-order valence-corrected chi connectivity index (χ3v) is 0.382. The van der Waals surface area contributed by atoms with Gasteiger partial charge in [-0.05, 0) is 6.72 Å². The van der Waals surface area contributed by atoms with Gasteiger partial charge in [-0.25, -0.2) is 0 Å². The second kappa shape index (κ2) is 3.73. The van der Waals surface area contributed by atoms with Gasteiger partial charge >= 0.3 is 0 Å². The number of nitrogens with zero attached hydrogens (tertiary/aromatic N) is 1. The fraction of sp³-hybridized carbons (Fsp3) is 0.667. The van der Waals surface area contributed by atoms with Crippen LogP contribution < -0.4 is 0 Å². The van der Waals surface area contributed by atoms with Crippen molar-refractivity contribution in [3.63, 3.8) is 0 Å². The zero-order valence-electron chi connectivity index (χ0n) is 3.57. The fourth-order valence-electron chi connectivity index (χ4n) is 0.158. The molecule has 5 heavy (non-hydrogen) atoms. The third-order valence-electron chi connectivity index (χ3n) is 0.382. The zero-order chi connectivity index (χ0) is 4.12. The van der Waals surface area contributed by atoms with Crippen LogP contribution in [0.15, 0.2) is 4.90 Å². The molecule has 0 bridgehead atoms. The minimum atomic E-state index is 0.903. The van der Waals surface area contributed by atoms with Crippen molar-refractivity contribution in [3.05, 3.63) is 0 Å². The molecular weight excluding hydrogens is 60.9 g/mol. The summed E-state index contributed by atoms with van der Waals surface area (Å²) in [7, 11) is 0.903. The van der Waals surface area contributed by atoms with E-state index in [9.17, 15) is 0 Å². The van der Waals surface area contributed by atoms with Crippen molar-refractivity contribution in [1.29, 1.82) is 0 Å². The van der Waals surface area contributed by atoms with Crippen LogP contribution in [0.3, 0.4) is 0 Å². The first-order chi connectivity index (χ1) is 2.41. The quantitative estimate of drug-likeness (QED) is 0.330. The van der Waals surface area contributed by atoms with E-state index in [1.165, 1.54) is 0 Å². The van der Waals surface area contributed by atoms with Crippen LogP contribution in [-0.2, 0) is 0 Å². The lowest BCUT2D eigenvalue weighted by molar-refractivity contribution is 1.44. The number of hydrogen-bond donors (Lipinski definition) is 0. The molecule has 0 amide bonds. The molecule has 0 saturated carbocycles. The number of hydrogen-bond acceptors (Lipinski definition) is 1. The van der Waals surface area contributed by atoms with Crippen LogP contribution >= 0.6 is 0 Å². The van der Waals surface area contributed by atoms with Gasteiger partial charge < -0.3 is 4.90 Å². The molecular formula is C3H8BN. The zero-order valence-corrected chi connectivity index (χ0v) is 3.57. The average Bonchev–Trinajstić information content (AvgIpc) is 1.41. The molecule has 0 aromatic rings. The van der Waals surface area contributed by atoms with E-state index >= 15 is 0 Å². The monoisotopic (exact) mass is 69.1 g/mol. The summed E-state index contributed by atoms with van der Waals surface area (Å²) >= 11 is 0. The van der Waals surface area contributed by atoms with Gasteiger partial charge in [0.25, 0.3) is 7.41 Å². The predicted octanol–water partition coefficient (Wildman–Crippen LogP) is 0.477. The van der Waals surface area contributed by atoms with E-state index in [0.717, 1.165) is 13.7 Å². The highest BCUT2D eigenvalue weighted by atomic mass is 14.5. The Labute approximate surface area is 33.4 Å². The van der Waals surface area contributed by atoms with E-state index in [0.29, 0.717) is 0 Å². The van der Waals surface area contributed by atoms with E-state index in [1.807, 2.05) is 0 Å². The first-order valence-corrected chi connectivity index (χ1v) is 1.84. The maximum Gasteiger partial charge on any atom is 0.260 e. The molecule has 28 valence electrons. The molecule has 0 heterocycles. The van der Waals surface area contributed by atoms with E-state index in [-0.39, 0.29) is 0 Å². The summed E-state index contributed by atoms with van der Waals surface area (Å²) in [5, 5.41) is 0. The Kier molecular flexibility index (Phi) is 3.54. The minimum Gasteiger partial charge on any atom is -0.361 e. The van der Waals surface area contributed by atoms with Crippen molar-refractivity contribution in [2.24, 2.45) is 4.90 Å². The van der Waals surface area contributed by atoms with Crippen molar-refractivity contribution in [1.82, 2.24) is 0 Å². The highest BCUT2D eigenvalue weighted by Crippen LogP contribution is 1.67. The molecule has 0 radical (unpaired) electrons. The van der Waals surface area contributed by atoms with E-state index in [4.69, 9.17) is 0 Å². The second-order valence-corrected chi connectivity index (χ2v) is 0.947. The SMILES string of the molecule is C=NBCC. The Morgan fingerprint density at radius 3 is 2.60 bits per heavy atom. The Balaban J connectivity index is 2.40. The Morgan fingerprint density at radius 1 is 2.00 bits per heavy atom. The average molecular weight is 68.9 g/mol. The van der Waals surface area contributed by atoms with Gasteiger partial charge in [-0.3, -0.25) is 0 Å². The summed E-state index contributed by atoms with van der Waals surface area (Å²) in [5.41, 5.74) is 0. The molecule has 0 spiro atoms. The van der Waals surface area contributed by atoms with E-state index < -0.39 is 0 Å². The van der Waals surface area contributed by atoms with Crippen LogP contribution in [-0.4, -0.2) is 14.1 Å². The molecule has 0 rings (SSSR count). The summed E-state index contributed by atoms with van der Waals surface area (Å²) in [6.07, 6.45) is 1.11. The Hall–Kier alpha value is -0.265. The van der Waals surface area contributed by atoms with Gasteiger partial charge in [0.1, 0.15) is 0 Å². The summed E-state index contributed by atoms with van der Waals surface area (Å²) in [6.45, 7) is 5.38. The van der Waals surface area contributed by atoms with Crippen molar-refractivity contribution < 1.29 is 0 Å². The highest BCUT2D eigenvalue weighted by Gasteiger charge is 1.69. The number of rotatable bonds is 2. The van der Waals surface area contributed by atoms with Crippen LogP contribution in [0.2, 0.25) is 6.32 Å². The van der Waals surface area contributed by atoms with Gasteiger partial charge in [-0.15, -0.1) is 0 Å². The first kappa shape index (κ1) is 4.73. The van der Waals surface area contributed by atoms with E-state index in [1.54, 1.807) is 0 Å². The topological polar surface area (TPSA) is 12.4 Å². The molecule has 0 aliphatic heterocycles. The van der Waals surface area contributed by atoms with Gasteiger partial charge in [0.05, 0.1) is 0 Å². The molecule has 0 aliphatic rings. The third kappa shape index (κ3) is 3.73. The van der Waals surface area contributed by atoms with Gasteiger partial charge in [-0.2, -0.15) is 0 Å². The molecule has 0 atom stereocenters. The summed E-state index contributed by atoms with van der Waals surface area (Å²) in [5.74, 6) is 0. The first-order valence-electron chi connectivity index (χ1n) is 1.84. The molecule has 1 nitrogen and oxygen atoms in total. The fourth-order valence-corrected chi connectivity index (χ4v) is 0.158. The lowest BCUT2D eigenvalue weighted by Gasteiger charge is -1.69. The van der Waals surface area contributed by atoms with Crippen LogP contribution in [0.25, 0.3) is 0 Å². The summed E-state index contributed by atoms with van der Waals surface area (Å²) < 4.78 is 0. The van der Waals surface area contributed by atoms with Crippen molar-refractivity contribution in [2.45, 2.75) is 13.2 Å². The maximum atomic E-state index is 3.60. The Morgan fingerprint density at radius 2 is 2.60 bits per heavy atom. The van der Waals surface area contributed by atoms with Gasteiger partial charge in [0.2, 0.25) is 0 Å². The van der Waals surface area contributed by atoms with Crippen molar-refractivity contribution in [3.8, 4) is 0 Å². The van der Waals surface area contributed by atoms with Crippen LogP contribution in [0.4, 0.5) is 0 Å². The highest BCUT2D eigenvalue weighted by molar-refractivity contribution is 6.33. The predicted molar refractivity (Wildman–Crippen MR) is 27.2 cm³/mol. The Bertz CT molecular complexity index is 28.1. The van der Waals surface area contributed by atoms with E-state index in [2.05, 4.69) is 18.5 Å². The van der Waals surface area contributed by atoms with Gasteiger partial charge in [0.15, 0.2) is 0 Å². The van der Waals surface area contributed by atoms with Crippen LogP contribution in [0.1, 0.15) is 6.92 Å². The lowest BCUT2D eigenvalue weighted by atomic mass is 9.93.